The first-order valence-corrected chi connectivity index (χ1v) is 6.58. The van der Waals surface area contributed by atoms with E-state index in [1.54, 1.807) is 18.2 Å². The number of hydrogen-bond donors (Lipinski definition) is 2. The number of H-pyrrole nitrogens is 1. The summed E-state index contributed by atoms with van der Waals surface area (Å²) in [7, 11) is 1.25. The number of fused-ring (bicyclic) bond motifs is 1. The van der Waals surface area contributed by atoms with E-state index in [2.05, 4.69) is 10.2 Å². The Morgan fingerprint density at radius 1 is 1.55 bits per heavy atom. The van der Waals surface area contributed by atoms with E-state index < -0.39 is 5.97 Å². The molecule has 0 saturated heterocycles. The Morgan fingerprint density at radius 2 is 2.32 bits per heavy atom. The van der Waals surface area contributed by atoms with Crippen LogP contribution < -0.4 is 5.73 Å². The van der Waals surface area contributed by atoms with Crippen molar-refractivity contribution in [3.05, 3.63) is 40.8 Å². The van der Waals surface area contributed by atoms with Crippen molar-refractivity contribution in [3.63, 3.8) is 0 Å². The molecule has 0 atom stereocenters. The van der Waals surface area contributed by atoms with Crippen molar-refractivity contribution in [2.45, 2.75) is 0 Å². The smallest absolute Gasteiger partial charge is 0.357 e. The van der Waals surface area contributed by atoms with Crippen molar-refractivity contribution in [1.29, 1.82) is 5.26 Å². The topological polar surface area (TPSA) is 110 Å². The van der Waals surface area contributed by atoms with Crippen LogP contribution in [0.1, 0.15) is 16.1 Å². The van der Waals surface area contributed by atoms with Crippen LogP contribution in [0.4, 0.5) is 5.69 Å². The average Bonchev–Trinajstić information content (AvgIpc) is 3.07. The Labute approximate surface area is 129 Å². The molecule has 0 fully saturated rings. The van der Waals surface area contributed by atoms with E-state index in [-0.39, 0.29) is 16.9 Å². The van der Waals surface area contributed by atoms with Crippen molar-refractivity contribution in [1.82, 2.24) is 14.8 Å². The van der Waals surface area contributed by atoms with Gasteiger partial charge in [0.1, 0.15) is 11.2 Å². The third kappa shape index (κ3) is 1.89. The lowest BCUT2D eigenvalue weighted by molar-refractivity contribution is 0.0593. The highest BCUT2D eigenvalue weighted by Crippen LogP contribution is 2.31. The van der Waals surface area contributed by atoms with Gasteiger partial charge in [0.05, 0.1) is 35.0 Å². The molecule has 2 heterocycles. The number of nitrogens with two attached hydrogens (primary N) is 1. The summed E-state index contributed by atoms with van der Waals surface area (Å²) in [6.45, 7) is 0. The number of nitriles is 1. The minimum absolute atomic E-state index is 0.0611. The molecule has 0 saturated carbocycles. The molecule has 2 aromatic heterocycles. The SMILES string of the molecule is COC(=O)c1c(N)c(C#N)cn1-c1cccc2n[nH]c(Cl)c12. The van der Waals surface area contributed by atoms with Crippen LogP contribution in [0.3, 0.4) is 0 Å². The first kappa shape index (κ1) is 14.0. The lowest BCUT2D eigenvalue weighted by Crippen LogP contribution is -2.11. The van der Waals surface area contributed by atoms with Crippen LogP contribution >= 0.6 is 11.6 Å². The summed E-state index contributed by atoms with van der Waals surface area (Å²) >= 11 is 6.13. The largest absolute Gasteiger partial charge is 0.464 e. The van der Waals surface area contributed by atoms with Crippen molar-refractivity contribution < 1.29 is 9.53 Å². The molecule has 8 heteroatoms. The van der Waals surface area contributed by atoms with Crippen molar-refractivity contribution in [2.75, 3.05) is 12.8 Å². The van der Waals surface area contributed by atoms with Crippen LogP contribution in [-0.2, 0) is 4.74 Å². The lowest BCUT2D eigenvalue weighted by Gasteiger charge is -2.09. The number of anilines is 1. The highest BCUT2D eigenvalue weighted by atomic mass is 35.5. The van der Waals surface area contributed by atoms with Gasteiger partial charge in [-0.3, -0.25) is 5.10 Å². The Kier molecular flexibility index (Phi) is 3.23. The van der Waals surface area contributed by atoms with Gasteiger partial charge in [-0.1, -0.05) is 17.7 Å². The molecule has 3 N–H and O–H groups in total. The number of nitrogens with one attached hydrogen (secondary N) is 1. The zero-order valence-electron chi connectivity index (χ0n) is 11.4. The Morgan fingerprint density at radius 3 is 3.00 bits per heavy atom. The molecular weight excluding hydrogens is 306 g/mol. The molecule has 0 unspecified atom stereocenters. The van der Waals surface area contributed by atoms with Gasteiger partial charge in [0.25, 0.3) is 0 Å². The van der Waals surface area contributed by atoms with Gasteiger partial charge in [-0.05, 0) is 12.1 Å². The van der Waals surface area contributed by atoms with Gasteiger partial charge in [0.15, 0.2) is 5.69 Å². The first-order valence-electron chi connectivity index (χ1n) is 6.20. The summed E-state index contributed by atoms with van der Waals surface area (Å²) in [4.78, 5) is 12.0. The highest BCUT2D eigenvalue weighted by molar-refractivity contribution is 6.35. The molecule has 0 bridgehead atoms. The summed E-state index contributed by atoms with van der Waals surface area (Å²) in [6.07, 6.45) is 1.47. The van der Waals surface area contributed by atoms with Crippen LogP contribution in [0.25, 0.3) is 16.6 Å². The fourth-order valence-electron chi connectivity index (χ4n) is 2.32. The van der Waals surface area contributed by atoms with Crippen LogP contribution in [0, 0.1) is 11.3 Å². The maximum atomic E-state index is 12.0. The molecule has 0 radical (unpaired) electrons. The Hall–Kier alpha value is -2.98. The second-order valence-electron chi connectivity index (χ2n) is 4.49. The molecule has 110 valence electrons. The summed E-state index contributed by atoms with van der Waals surface area (Å²) in [6, 6.07) is 7.23. The maximum absolute atomic E-state index is 12.0. The summed E-state index contributed by atoms with van der Waals surface area (Å²) in [5.41, 5.74) is 7.40. The summed E-state index contributed by atoms with van der Waals surface area (Å²) < 4.78 is 6.24. The zero-order chi connectivity index (χ0) is 15.9. The van der Waals surface area contributed by atoms with Gasteiger partial charge in [0.2, 0.25) is 0 Å². The summed E-state index contributed by atoms with van der Waals surface area (Å²) in [5, 5.41) is 16.8. The third-order valence-corrected chi connectivity index (χ3v) is 3.59. The van der Waals surface area contributed by atoms with Crippen molar-refractivity contribution in [2.24, 2.45) is 0 Å². The molecule has 22 heavy (non-hydrogen) atoms. The van der Waals surface area contributed by atoms with Crippen LogP contribution in [0.5, 0.6) is 0 Å². The number of ether oxygens (including phenoxy) is 1. The van der Waals surface area contributed by atoms with Gasteiger partial charge in [-0.2, -0.15) is 10.4 Å². The molecule has 0 aliphatic heterocycles. The van der Waals surface area contributed by atoms with Crippen LogP contribution in [-0.4, -0.2) is 27.8 Å². The van der Waals surface area contributed by atoms with Gasteiger partial charge in [-0.15, -0.1) is 0 Å². The summed E-state index contributed by atoms with van der Waals surface area (Å²) in [5.74, 6) is -0.643. The number of esters is 1. The third-order valence-electron chi connectivity index (χ3n) is 3.32. The number of halogens is 1. The van der Waals surface area contributed by atoms with E-state index >= 15 is 0 Å². The van der Waals surface area contributed by atoms with Crippen molar-refractivity contribution >= 4 is 34.2 Å². The molecular formula is C14H10ClN5O2. The standard InChI is InChI=1S/C14H10ClN5O2/c1-22-14(21)12-11(17)7(5-16)6-20(12)9-4-2-3-8-10(9)13(15)19-18-8/h2-4,6H,17H2,1H3,(H,18,19). The van der Waals surface area contributed by atoms with Crippen LogP contribution in [0.15, 0.2) is 24.4 Å². The van der Waals surface area contributed by atoms with Gasteiger partial charge in [0, 0.05) is 6.20 Å². The molecule has 3 aromatic rings. The number of nitrogens with zero attached hydrogens (tertiary/aromatic N) is 3. The normalized spacial score (nSPS) is 10.6. The first-order chi connectivity index (χ1) is 10.6. The Balaban J connectivity index is 2.38. The van der Waals surface area contributed by atoms with Crippen molar-refractivity contribution in [3.8, 4) is 11.8 Å². The van der Waals surface area contributed by atoms with Gasteiger partial charge in [-0.25, -0.2) is 4.79 Å². The molecule has 0 amide bonds. The number of hydrogen-bond acceptors (Lipinski definition) is 5. The van der Waals surface area contributed by atoms with Crippen LogP contribution in [0.2, 0.25) is 5.15 Å². The maximum Gasteiger partial charge on any atom is 0.357 e. The van der Waals surface area contributed by atoms with E-state index in [4.69, 9.17) is 27.3 Å². The average molecular weight is 316 g/mol. The number of nitrogen functional groups attached to an aromatic ring is 1. The molecule has 0 aliphatic carbocycles. The number of aromatic amines is 1. The molecule has 1 aromatic carbocycles. The predicted octanol–water partition coefficient (Wildman–Crippen LogP) is 2.25. The highest BCUT2D eigenvalue weighted by Gasteiger charge is 2.23. The number of carbonyl (C=O) groups excluding carboxylic acids is 1. The van der Waals surface area contributed by atoms with E-state index in [1.165, 1.54) is 17.9 Å². The fraction of sp³-hybridized carbons (Fsp3) is 0.0714. The monoisotopic (exact) mass is 315 g/mol. The second-order valence-corrected chi connectivity index (χ2v) is 4.87. The minimum atomic E-state index is -0.643. The second kappa shape index (κ2) is 5.09. The van der Waals surface area contributed by atoms with E-state index in [0.717, 1.165) is 0 Å². The zero-order valence-corrected chi connectivity index (χ0v) is 12.2. The molecule has 0 spiro atoms. The quantitative estimate of drug-likeness (QED) is 0.705. The van der Waals surface area contributed by atoms with E-state index in [9.17, 15) is 4.79 Å². The predicted molar refractivity (Wildman–Crippen MR) is 80.9 cm³/mol. The lowest BCUT2D eigenvalue weighted by atomic mass is 10.2. The molecule has 7 nitrogen and oxygen atoms in total. The molecule has 0 aliphatic rings. The number of methoxy groups -OCH3 is 1. The number of aromatic nitrogens is 3. The van der Waals surface area contributed by atoms with E-state index in [0.29, 0.717) is 21.7 Å². The number of benzene rings is 1. The fourth-order valence-corrected chi connectivity index (χ4v) is 2.55. The minimum Gasteiger partial charge on any atom is -0.464 e. The number of rotatable bonds is 2. The number of carbonyl (C=O) groups is 1. The van der Waals surface area contributed by atoms with Gasteiger partial charge < -0.3 is 15.0 Å². The van der Waals surface area contributed by atoms with E-state index in [1.807, 2.05) is 6.07 Å². The Bertz CT molecular complexity index is 935. The molecule has 3 rings (SSSR count). The van der Waals surface area contributed by atoms with Gasteiger partial charge >= 0.3 is 5.97 Å².